The lowest BCUT2D eigenvalue weighted by molar-refractivity contribution is -0.139. The molecule has 0 aliphatic carbocycles. The predicted molar refractivity (Wildman–Crippen MR) is 50.6 cm³/mol. The van der Waals surface area contributed by atoms with Gasteiger partial charge in [-0.05, 0) is 11.8 Å². The fourth-order valence-corrected chi connectivity index (χ4v) is 1.04. The van der Waals surface area contributed by atoms with E-state index in [1.54, 1.807) is 13.8 Å². The summed E-state index contributed by atoms with van der Waals surface area (Å²) in [5.74, 6) is -1.04. The predicted octanol–water partition coefficient (Wildman–Crippen LogP) is 3.56. The third-order valence-electron chi connectivity index (χ3n) is 1.73. The molecule has 0 aromatic heterocycles. The number of allylic oxidation sites excluding steroid dienone is 2. The normalized spacial score (nSPS) is 14.1. The van der Waals surface area contributed by atoms with Crippen molar-refractivity contribution in [1.82, 2.24) is 0 Å². The Morgan fingerprint density at radius 1 is 1.40 bits per heavy atom. The van der Waals surface area contributed by atoms with Gasteiger partial charge in [-0.3, -0.25) is 4.79 Å². The molecule has 0 aliphatic heterocycles. The largest absolute Gasteiger partial charge is 0.481 e. The quantitative estimate of drug-likeness (QED) is 0.821. The smallest absolute Gasteiger partial charge is 0.426 e. The minimum Gasteiger partial charge on any atom is -0.481 e. The van der Waals surface area contributed by atoms with Crippen molar-refractivity contribution < 1.29 is 23.1 Å². The summed E-state index contributed by atoms with van der Waals surface area (Å²) in [6.45, 7) is 3.14. The Kier molecular flexibility index (Phi) is 4.65. The van der Waals surface area contributed by atoms with E-state index in [-0.39, 0.29) is 12.8 Å². The van der Waals surface area contributed by atoms with Gasteiger partial charge < -0.3 is 5.11 Å². The van der Waals surface area contributed by atoms with E-state index in [4.69, 9.17) is 16.7 Å². The van der Waals surface area contributed by atoms with Gasteiger partial charge in [0.05, 0.1) is 6.42 Å². The average Bonchev–Trinajstić information content (AvgIpc) is 1.95. The molecule has 88 valence electrons. The summed E-state index contributed by atoms with van der Waals surface area (Å²) in [5, 5.41) is 7.29. The van der Waals surface area contributed by atoms with Gasteiger partial charge >= 0.3 is 12.1 Å². The highest BCUT2D eigenvalue weighted by Gasteiger charge is 2.33. The molecule has 2 nitrogen and oxygen atoms in total. The van der Waals surface area contributed by atoms with Gasteiger partial charge in [-0.25, -0.2) is 0 Å². The Morgan fingerprint density at radius 3 is 2.20 bits per heavy atom. The first kappa shape index (κ1) is 14.3. The number of carbonyl (C=O) groups is 1. The van der Waals surface area contributed by atoms with Crippen LogP contribution in [0.4, 0.5) is 13.2 Å². The van der Waals surface area contributed by atoms with E-state index >= 15 is 0 Å². The van der Waals surface area contributed by atoms with Crippen molar-refractivity contribution in [3.63, 3.8) is 0 Å². The Hall–Kier alpha value is -0.710. The number of hydrogen-bond donors (Lipinski definition) is 1. The summed E-state index contributed by atoms with van der Waals surface area (Å²) in [4.78, 5) is 10.4. The van der Waals surface area contributed by atoms with E-state index in [0.29, 0.717) is 0 Å². The van der Waals surface area contributed by atoms with Crippen molar-refractivity contribution in [3.8, 4) is 0 Å². The highest BCUT2D eigenvalue weighted by molar-refractivity contribution is 6.30. The third kappa shape index (κ3) is 6.38. The summed E-state index contributed by atoms with van der Waals surface area (Å²) in [7, 11) is 0. The van der Waals surface area contributed by atoms with Gasteiger partial charge in [0.15, 0.2) is 0 Å². The Bertz CT molecular complexity index is 269. The van der Waals surface area contributed by atoms with E-state index in [0.717, 1.165) is 6.08 Å². The SMILES string of the molecule is CC(C)(C/C=C(/Cl)C(F)(F)F)CC(=O)O. The van der Waals surface area contributed by atoms with E-state index in [1.807, 2.05) is 0 Å². The number of carboxylic acid groups (broad SMARTS) is 1. The number of halogens is 4. The summed E-state index contributed by atoms with van der Waals surface area (Å²) < 4.78 is 35.9. The summed E-state index contributed by atoms with van der Waals surface area (Å²) in [6.07, 6.45) is -3.98. The number of hydrogen-bond acceptors (Lipinski definition) is 1. The van der Waals surface area contributed by atoms with Crippen LogP contribution in [0.2, 0.25) is 0 Å². The Balaban J connectivity index is 4.43. The number of rotatable bonds is 4. The molecular formula is C9H12ClF3O2. The maximum absolute atomic E-state index is 12.0. The minimum atomic E-state index is -4.55. The monoisotopic (exact) mass is 244 g/mol. The molecule has 0 radical (unpaired) electrons. The molecule has 0 atom stereocenters. The number of carboxylic acids is 1. The molecule has 15 heavy (non-hydrogen) atoms. The molecule has 0 aromatic carbocycles. The lowest BCUT2D eigenvalue weighted by atomic mass is 9.85. The zero-order valence-electron chi connectivity index (χ0n) is 8.36. The first-order valence-electron chi connectivity index (χ1n) is 4.19. The van der Waals surface area contributed by atoms with Crippen LogP contribution >= 0.6 is 11.6 Å². The minimum absolute atomic E-state index is 0.0301. The number of alkyl halides is 3. The number of aliphatic carboxylic acids is 1. The van der Waals surface area contributed by atoms with E-state index in [1.165, 1.54) is 0 Å². The zero-order chi connectivity index (χ0) is 12.3. The zero-order valence-corrected chi connectivity index (χ0v) is 9.11. The summed E-state index contributed by atoms with van der Waals surface area (Å²) in [5.41, 5.74) is -0.739. The Morgan fingerprint density at radius 2 is 1.87 bits per heavy atom. The average molecular weight is 245 g/mol. The van der Waals surface area contributed by atoms with Crippen LogP contribution in [0.25, 0.3) is 0 Å². The second-order valence-electron chi connectivity index (χ2n) is 3.99. The molecular weight excluding hydrogens is 233 g/mol. The fraction of sp³-hybridized carbons (Fsp3) is 0.667. The van der Waals surface area contributed by atoms with Crippen LogP contribution in [0.15, 0.2) is 11.1 Å². The second kappa shape index (κ2) is 4.88. The highest BCUT2D eigenvalue weighted by Crippen LogP contribution is 2.32. The van der Waals surface area contributed by atoms with E-state index < -0.39 is 22.6 Å². The standard InChI is InChI=1S/C9H12ClF3O2/c1-8(2,5-7(14)15)4-3-6(10)9(11,12)13/h3H,4-5H2,1-2H3,(H,14,15)/b6-3+. The van der Waals surface area contributed by atoms with Gasteiger partial charge in [0.25, 0.3) is 0 Å². The maximum Gasteiger partial charge on any atom is 0.426 e. The first-order valence-corrected chi connectivity index (χ1v) is 4.57. The van der Waals surface area contributed by atoms with E-state index in [9.17, 15) is 18.0 Å². The fourth-order valence-electron chi connectivity index (χ4n) is 0.963. The molecule has 0 unspecified atom stereocenters. The van der Waals surface area contributed by atoms with Crippen LogP contribution in [0.5, 0.6) is 0 Å². The van der Waals surface area contributed by atoms with Crippen molar-refractivity contribution in [3.05, 3.63) is 11.1 Å². The summed E-state index contributed by atoms with van der Waals surface area (Å²) in [6, 6.07) is 0. The van der Waals surface area contributed by atoms with Gasteiger partial charge in [0.1, 0.15) is 5.03 Å². The van der Waals surface area contributed by atoms with Crippen LogP contribution < -0.4 is 0 Å². The molecule has 0 saturated heterocycles. The van der Waals surface area contributed by atoms with Gasteiger partial charge in [-0.15, -0.1) is 0 Å². The molecule has 6 heteroatoms. The van der Waals surface area contributed by atoms with Gasteiger partial charge in [-0.1, -0.05) is 31.5 Å². The lowest BCUT2D eigenvalue weighted by Crippen LogP contribution is -2.16. The summed E-state index contributed by atoms with van der Waals surface area (Å²) >= 11 is 4.99. The van der Waals surface area contributed by atoms with Crippen molar-refractivity contribution >= 4 is 17.6 Å². The molecule has 0 amide bonds. The molecule has 0 aliphatic rings. The van der Waals surface area contributed by atoms with Gasteiger partial charge in [-0.2, -0.15) is 13.2 Å². The van der Waals surface area contributed by atoms with Crippen molar-refractivity contribution in [2.24, 2.45) is 5.41 Å². The van der Waals surface area contributed by atoms with Crippen LogP contribution in [0, 0.1) is 5.41 Å². The maximum atomic E-state index is 12.0. The molecule has 0 saturated carbocycles. The second-order valence-corrected chi connectivity index (χ2v) is 4.40. The molecule has 0 spiro atoms. The molecule has 0 aromatic rings. The Labute approximate surface area is 90.7 Å². The van der Waals surface area contributed by atoms with Crippen LogP contribution in [0.1, 0.15) is 26.7 Å². The highest BCUT2D eigenvalue weighted by atomic mass is 35.5. The lowest BCUT2D eigenvalue weighted by Gasteiger charge is -2.20. The molecule has 1 N–H and O–H groups in total. The van der Waals surface area contributed by atoms with Gasteiger partial charge in [0, 0.05) is 0 Å². The van der Waals surface area contributed by atoms with Gasteiger partial charge in [0.2, 0.25) is 0 Å². The molecule has 0 fully saturated rings. The van der Waals surface area contributed by atoms with Crippen molar-refractivity contribution in [2.45, 2.75) is 32.9 Å². The topological polar surface area (TPSA) is 37.3 Å². The van der Waals surface area contributed by atoms with Crippen molar-refractivity contribution in [2.75, 3.05) is 0 Å². The van der Waals surface area contributed by atoms with Crippen LogP contribution in [0.3, 0.4) is 0 Å². The van der Waals surface area contributed by atoms with Crippen LogP contribution in [-0.4, -0.2) is 17.3 Å². The van der Waals surface area contributed by atoms with Crippen LogP contribution in [-0.2, 0) is 4.79 Å². The molecule has 0 bridgehead atoms. The van der Waals surface area contributed by atoms with E-state index in [2.05, 4.69) is 0 Å². The third-order valence-corrected chi connectivity index (χ3v) is 2.10. The first-order chi connectivity index (χ1) is 6.54. The molecule has 0 heterocycles. The van der Waals surface area contributed by atoms with Crippen molar-refractivity contribution in [1.29, 1.82) is 0 Å². The molecule has 0 rings (SSSR count).